The zero-order valence-corrected chi connectivity index (χ0v) is 25.3. The molecule has 9 heteroatoms. The van der Waals surface area contributed by atoms with E-state index in [9.17, 15) is 14.4 Å². The molecule has 1 N–H and O–H groups in total. The molecule has 2 aliphatic rings. The maximum Gasteiger partial charge on any atom is 0.287 e. The summed E-state index contributed by atoms with van der Waals surface area (Å²) in [7, 11) is 1.67. The van der Waals surface area contributed by atoms with Crippen molar-refractivity contribution in [2.24, 2.45) is 5.41 Å². The van der Waals surface area contributed by atoms with E-state index < -0.39 is 5.91 Å². The van der Waals surface area contributed by atoms with Gasteiger partial charge in [-0.1, -0.05) is 60.0 Å². The van der Waals surface area contributed by atoms with E-state index in [1.54, 1.807) is 43.3 Å². The molecular weight excluding hydrogens is 550 g/mol. The first-order valence-corrected chi connectivity index (χ1v) is 15.4. The summed E-state index contributed by atoms with van der Waals surface area (Å²) in [5, 5.41) is 3.02. The van der Waals surface area contributed by atoms with Gasteiger partial charge in [0.1, 0.15) is 11.3 Å². The highest BCUT2D eigenvalue weighted by Crippen LogP contribution is 2.36. The number of allylic oxidation sites excluding steroid dienone is 2. The van der Waals surface area contributed by atoms with Crippen molar-refractivity contribution in [3.05, 3.63) is 101 Å². The van der Waals surface area contributed by atoms with Gasteiger partial charge in [0.15, 0.2) is 11.2 Å². The molecule has 0 radical (unpaired) electrons. The molecule has 0 bridgehead atoms. The Morgan fingerprint density at radius 3 is 2.48 bits per heavy atom. The minimum Gasteiger partial charge on any atom is -0.497 e. The van der Waals surface area contributed by atoms with Crippen LogP contribution in [-0.2, 0) is 4.79 Å². The molecule has 222 valence electrons. The van der Waals surface area contributed by atoms with E-state index in [1.165, 1.54) is 11.6 Å². The van der Waals surface area contributed by atoms with Crippen LogP contribution in [0, 0.1) is 12.3 Å². The highest BCUT2D eigenvalue weighted by molar-refractivity contribution is 7.96. The molecule has 1 spiro atoms. The Balaban J connectivity index is 0.000000385. The number of fused-ring (bicyclic) bond motifs is 1. The van der Waals surface area contributed by atoms with Gasteiger partial charge in [0, 0.05) is 43.6 Å². The van der Waals surface area contributed by atoms with Gasteiger partial charge in [-0.05, 0) is 56.9 Å². The number of ether oxygens (including phenoxy) is 1. The summed E-state index contributed by atoms with van der Waals surface area (Å²) in [6.45, 7) is 4.14. The molecule has 3 aromatic rings. The number of carbonyl (C=O) groups is 2. The number of hydrogen-bond donors (Lipinski definition) is 1. The Morgan fingerprint density at radius 2 is 1.76 bits per heavy atom. The van der Waals surface area contributed by atoms with Crippen LogP contribution in [0.4, 0.5) is 0 Å². The molecule has 0 saturated carbocycles. The maximum atomic E-state index is 12.8. The number of piperidine rings is 1. The van der Waals surface area contributed by atoms with Crippen LogP contribution >= 0.6 is 11.9 Å². The van der Waals surface area contributed by atoms with Gasteiger partial charge in [-0.2, -0.15) is 0 Å². The van der Waals surface area contributed by atoms with E-state index in [-0.39, 0.29) is 29.1 Å². The van der Waals surface area contributed by atoms with Crippen molar-refractivity contribution < 1.29 is 18.7 Å². The summed E-state index contributed by atoms with van der Waals surface area (Å²) in [5.74, 6) is 0.127. The van der Waals surface area contributed by atoms with Gasteiger partial charge < -0.3 is 23.7 Å². The van der Waals surface area contributed by atoms with Gasteiger partial charge in [-0.15, -0.1) is 0 Å². The zero-order valence-electron chi connectivity index (χ0n) is 24.5. The Kier molecular flexibility index (Phi) is 10.9. The molecule has 1 aromatic heterocycles. The molecule has 1 saturated heterocycles. The van der Waals surface area contributed by atoms with Crippen LogP contribution in [0.5, 0.6) is 5.75 Å². The highest BCUT2D eigenvalue weighted by atomic mass is 32.2. The molecule has 2 aliphatic heterocycles. The molecule has 0 unspecified atom stereocenters. The second kappa shape index (κ2) is 14.8. The predicted octanol–water partition coefficient (Wildman–Crippen LogP) is 5.58. The Morgan fingerprint density at radius 1 is 1.05 bits per heavy atom. The van der Waals surface area contributed by atoms with Crippen LogP contribution in [0.25, 0.3) is 11.0 Å². The minimum atomic E-state index is -0.568. The fourth-order valence-electron chi connectivity index (χ4n) is 5.03. The van der Waals surface area contributed by atoms with Crippen LogP contribution in [0.1, 0.15) is 41.8 Å². The number of nitrogens with one attached hydrogen (secondary N) is 1. The monoisotopic (exact) mass is 589 g/mol. The zero-order chi connectivity index (χ0) is 30.0. The molecule has 5 rings (SSSR count). The first-order valence-electron chi connectivity index (χ1n) is 14.2. The van der Waals surface area contributed by atoms with E-state index >= 15 is 0 Å². The van der Waals surface area contributed by atoms with Gasteiger partial charge in [0.05, 0.1) is 19.0 Å². The number of nitrogens with zero attached hydrogens (tertiary/aromatic N) is 2. The summed E-state index contributed by atoms with van der Waals surface area (Å²) < 4.78 is 12.8. The van der Waals surface area contributed by atoms with Gasteiger partial charge >= 0.3 is 0 Å². The lowest BCUT2D eigenvalue weighted by molar-refractivity contribution is -0.132. The lowest BCUT2D eigenvalue weighted by atomic mass is 9.77. The second-order valence-electron chi connectivity index (χ2n) is 10.5. The van der Waals surface area contributed by atoms with Gasteiger partial charge in [-0.3, -0.25) is 14.4 Å². The summed E-state index contributed by atoms with van der Waals surface area (Å²) in [6, 6.07) is 15.9. The number of carbonyl (C=O) groups excluding carboxylic acids is 2. The fourth-order valence-corrected chi connectivity index (χ4v) is 5.62. The standard InChI is InChI=1S/C25H29N3O4S.C8H10O/c1-33-28-13-7-3-2-6-10-25(18-28)11-14-27(15-12-25)23(30)17-26-24(31)22-16-20(29)19-8-4-5-9-21(19)32-22;1-7-3-5-8(9-2)6-4-7/h4-10,13,16H,2-3,11-12,14-15,17-18H2,1H3,(H,26,31);3-6H,1-2H3/b10-6+,13-7+;. The van der Waals surface area contributed by atoms with Crippen molar-refractivity contribution in [2.45, 2.75) is 32.6 Å². The summed E-state index contributed by atoms with van der Waals surface area (Å²) in [6.07, 6.45) is 14.9. The molecule has 0 atom stereocenters. The third-order valence-corrected chi connectivity index (χ3v) is 8.30. The molecule has 8 nitrogen and oxygen atoms in total. The van der Waals surface area contributed by atoms with Crippen LogP contribution < -0.4 is 15.5 Å². The maximum absolute atomic E-state index is 12.8. The smallest absolute Gasteiger partial charge is 0.287 e. The van der Waals surface area contributed by atoms with E-state index in [2.05, 4.69) is 47.2 Å². The van der Waals surface area contributed by atoms with Crippen LogP contribution in [0.15, 0.2) is 88.2 Å². The fraction of sp³-hybridized carbons (Fsp3) is 0.364. The van der Waals surface area contributed by atoms with Crippen LogP contribution in [-0.4, -0.2) is 60.6 Å². The van der Waals surface area contributed by atoms with Crippen molar-refractivity contribution in [3.63, 3.8) is 0 Å². The van der Waals surface area contributed by atoms with Crippen LogP contribution in [0.2, 0.25) is 0 Å². The first-order chi connectivity index (χ1) is 20.3. The largest absolute Gasteiger partial charge is 0.497 e. The van der Waals surface area contributed by atoms with Crippen molar-refractivity contribution in [2.75, 3.05) is 39.5 Å². The van der Waals surface area contributed by atoms with Crippen molar-refractivity contribution in [1.29, 1.82) is 0 Å². The Hall–Kier alpha value is -3.98. The number of likely N-dealkylation sites (tertiary alicyclic amines) is 1. The first kappa shape index (κ1) is 31.0. The molecule has 42 heavy (non-hydrogen) atoms. The second-order valence-corrected chi connectivity index (χ2v) is 11.4. The molecule has 2 aromatic carbocycles. The third kappa shape index (κ3) is 8.28. The van der Waals surface area contributed by atoms with E-state index in [0.29, 0.717) is 24.1 Å². The lowest BCUT2D eigenvalue weighted by Crippen LogP contribution is -2.48. The molecule has 1 fully saturated rings. The normalized spacial score (nSPS) is 17.7. The number of amides is 2. The number of rotatable bonds is 5. The summed E-state index contributed by atoms with van der Waals surface area (Å²) >= 11 is 1.72. The molecular formula is C33H39N3O5S. The van der Waals surface area contributed by atoms with Crippen molar-refractivity contribution in [1.82, 2.24) is 14.5 Å². The van der Waals surface area contributed by atoms with E-state index in [4.69, 9.17) is 9.15 Å². The number of benzene rings is 2. The lowest BCUT2D eigenvalue weighted by Gasteiger charge is -2.42. The van der Waals surface area contributed by atoms with Crippen molar-refractivity contribution >= 4 is 34.7 Å². The molecule has 2 amide bonds. The number of hydrogen-bond acceptors (Lipinski definition) is 7. The van der Waals surface area contributed by atoms with Crippen LogP contribution in [0.3, 0.4) is 0 Å². The highest BCUT2D eigenvalue weighted by Gasteiger charge is 2.35. The number of para-hydroxylation sites is 1. The van der Waals surface area contributed by atoms with Crippen molar-refractivity contribution in [3.8, 4) is 5.75 Å². The van der Waals surface area contributed by atoms with Gasteiger partial charge in [-0.25, -0.2) is 0 Å². The average Bonchev–Trinajstić information content (AvgIpc) is 3.11. The number of methoxy groups -OCH3 is 1. The summed E-state index contributed by atoms with van der Waals surface area (Å²) in [4.78, 5) is 39.3. The van der Waals surface area contributed by atoms with Gasteiger partial charge in [0.2, 0.25) is 5.91 Å². The molecule has 3 heterocycles. The summed E-state index contributed by atoms with van der Waals surface area (Å²) in [5.41, 5.74) is 1.37. The predicted molar refractivity (Wildman–Crippen MR) is 169 cm³/mol. The minimum absolute atomic E-state index is 0.0478. The Bertz CT molecular complexity index is 1470. The van der Waals surface area contributed by atoms with E-state index in [1.807, 2.05) is 29.2 Å². The third-order valence-electron chi connectivity index (χ3n) is 7.58. The molecule has 0 aliphatic carbocycles. The Labute approximate surface area is 251 Å². The topological polar surface area (TPSA) is 92.1 Å². The average molecular weight is 590 g/mol. The quantitative estimate of drug-likeness (QED) is 0.307. The van der Waals surface area contributed by atoms with Gasteiger partial charge in [0.25, 0.3) is 5.91 Å². The number of aryl methyl sites for hydroxylation is 1. The van der Waals surface area contributed by atoms with E-state index in [0.717, 1.165) is 38.0 Å². The SMILES string of the molecule is COc1ccc(C)cc1.CSN1/C=C/CC/C=C/C2(CCN(C(=O)CNC(=O)c3cc(=O)c4ccccc4o3)CC2)C1.